The van der Waals surface area contributed by atoms with Gasteiger partial charge >= 0.3 is 0 Å². The van der Waals surface area contributed by atoms with Crippen LogP contribution in [-0.2, 0) is 0 Å². The van der Waals surface area contributed by atoms with Crippen LogP contribution in [-0.4, -0.2) is 35.9 Å². The van der Waals surface area contributed by atoms with E-state index in [2.05, 4.69) is 9.97 Å². The summed E-state index contributed by atoms with van der Waals surface area (Å²) in [5.74, 6) is 1.95. The highest BCUT2D eigenvalue weighted by Gasteiger charge is 2.15. The van der Waals surface area contributed by atoms with Gasteiger partial charge in [-0.3, -0.25) is 0 Å². The summed E-state index contributed by atoms with van der Waals surface area (Å²) in [6.07, 6.45) is 3.16. The summed E-state index contributed by atoms with van der Waals surface area (Å²) in [5.41, 5.74) is 2.84. The smallest absolute Gasteiger partial charge is 0.161 e. The Balaban J connectivity index is 2.10. The molecule has 0 unspecified atom stereocenters. The average Bonchev–Trinajstić information content (AvgIpc) is 2.68. The van der Waals surface area contributed by atoms with E-state index in [4.69, 9.17) is 14.2 Å². The highest BCUT2D eigenvalue weighted by molar-refractivity contribution is 5.83. The molecule has 0 saturated heterocycles. The minimum atomic E-state index is 0.0939. The highest BCUT2D eigenvalue weighted by Crippen LogP contribution is 2.39. The van der Waals surface area contributed by atoms with Crippen LogP contribution in [0.5, 0.6) is 23.0 Å². The molecule has 2 aromatic carbocycles. The standard InChI is InChI=1S/C20H20N2O4/c1-4-26-14-6-7-15(17(23)10-14)20-16(11-21-12-22-20)13-5-8-18(24-2)19(9-13)25-3/h5-12,23H,4H2,1-3H3. The van der Waals surface area contributed by atoms with Crippen LogP contribution in [0.2, 0.25) is 0 Å². The Bertz CT molecular complexity index is 912. The third-order valence-electron chi connectivity index (χ3n) is 3.94. The summed E-state index contributed by atoms with van der Waals surface area (Å²) in [7, 11) is 3.18. The molecule has 3 aromatic rings. The van der Waals surface area contributed by atoms with E-state index in [0.717, 1.165) is 11.1 Å². The molecule has 0 aliphatic rings. The Morgan fingerprint density at radius 2 is 1.77 bits per heavy atom. The lowest BCUT2D eigenvalue weighted by Crippen LogP contribution is -1.95. The maximum absolute atomic E-state index is 10.4. The summed E-state index contributed by atoms with van der Waals surface area (Å²) in [6.45, 7) is 2.42. The second-order valence-electron chi connectivity index (χ2n) is 5.47. The fourth-order valence-electron chi connectivity index (χ4n) is 2.73. The van der Waals surface area contributed by atoms with Crippen molar-refractivity contribution in [3.05, 3.63) is 48.9 Å². The van der Waals surface area contributed by atoms with Crippen LogP contribution in [0.3, 0.4) is 0 Å². The van der Waals surface area contributed by atoms with Crippen molar-refractivity contribution in [3.8, 4) is 45.4 Å². The van der Waals surface area contributed by atoms with Crippen molar-refractivity contribution < 1.29 is 19.3 Å². The first kappa shape index (κ1) is 17.5. The molecule has 0 bridgehead atoms. The molecular formula is C20H20N2O4. The predicted octanol–water partition coefficient (Wildman–Crippen LogP) is 3.93. The second-order valence-corrected chi connectivity index (χ2v) is 5.47. The van der Waals surface area contributed by atoms with Gasteiger partial charge in [0.1, 0.15) is 17.8 Å². The van der Waals surface area contributed by atoms with Crippen LogP contribution in [0.25, 0.3) is 22.4 Å². The zero-order chi connectivity index (χ0) is 18.5. The first-order valence-electron chi connectivity index (χ1n) is 8.16. The zero-order valence-electron chi connectivity index (χ0n) is 14.9. The molecule has 1 heterocycles. The van der Waals surface area contributed by atoms with Crippen LogP contribution in [0.4, 0.5) is 0 Å². The van der Waals surface area contributed by atoms with Gasteiger partial charge in [0.25, 0.3) is 0 Å². The zero-order valence-corrected chi connectivity index (χ0v) is 14.9. The van der Waals surface area contributed by atoms with Gasteiger partial charge < -0.3 is 19.3 Å². The third kappa shape index (κ3) is 3.39. The molecule has 0 amide bonds. The quantitative estimate of drug-likeness (QED) is 0.724. The fourth-order valence-corrected chi connectivity index (χ4v) is 2.73. The monoisotopic (exact) mass is 352 g/mol. The fraction of sp³-hybridized carbons (Fsp3) is 0.200. The van der Waals surface area contributed by atoms with E-state index >= 15 is 0 Å². The minimum Gasteiger partial charge on any atom is -0.507 e. The molecule has 0 aliphatic carbocycles. The molecule has 0 atom stereocenters. The van der Waals surface area contributed by atoms with Crippen molar-refractivity contribution in [1.82, 2.24) is 9.97 Å². The van der Waals surface area contributed by atoms with Gasteiger partial charge in [0.05, 0.1) is 26.5 Å². The lowest BCUT2D eigenvalue weighted by Gasteiger charge is -2.13. The molecule has 6 nitrogen and oxygen atoms in total. The molecule has 1 aromatic heterocycles. The summed E-state index contributed by atoms with van der Waals surface area (Å²) < 4.78 is 16.1. The Kier molecular flexibility index (Phi) is 5.22. The number of ether oxygens (including phenoxy) is 3. The average molecular weight is 352 g/mol. The van der Waals surface area contributed by atoms with Gasteiger partial charge in [-0.15, -0.1) is 0 Å². The van der Waals surface area contributed by atoms with Crippen LogP contribution >= 0.6 is 0 Å². The minimum absolute atomic E-state index is 0.0939. The number of aromatic nitrogens is 2. The SMILES string of the molecule is CCOc1ccc(-c2ncncc2-c2ccc(OC)c(OC)c2)c(O)c1. The summed E-state index contributed by atoms with van der Waals surface area (Å²) >= 11 is 0. The number of hydrogen-bond donors (Lipinski definition) is 1. The van der Waals surface area contributed by atoms with Crippen LogP contribution in [0, 0.1) is 0 Å². The molecule has 26 heavy (non-hydrogen) atoms. The molecule has 3 rings (SSSR count). The first-order valence-corrected chi connectivity index (χ1v) is 8.16. The Morgan fingerprint density at radius 1 is 0.962 bits per heavy atom. The van der Waals surface area contributed by atoms with E-state index in [1.54, 1.807) is 38.6 Å². The van der Waals surface area contributed by atoms with Crippen molar-refractivity contribution in [2.24, 2.45) is 0 Å². The van der Waals surface area contributed by atoms with Crippen molar-refractivity contribution in [1.29, 1.82) is 0 Å². The largest absolute Gasteiger partial charge is 0.507 e. The number of phenols is 1. The molecule has 0 fully saturated rings. The van der Waals surface area contributed by atoms with Crippen molar-refractivity contribution in [2.45, 2.75) is 6.92 Å². The van der Waals surface area contributed by atoms with Crippen LogP contribution in [0.15, 0.2) is 48.9 Å². The summed E-state index contributed by atoms with van der Waals surface area (Å²) in [5, 5.41) is 10.4. The Labute approximate surface area is 152 Å². The number of aromatic hydroxyl groups is 1. The van der Waals surface area contributed by atoms with Gasteiger partial charge in [0.15, 0.2) is 11.5 Å². The Morgan fingerprint density at radius 3 is 2.46 bits per heavy atom. The van der Waals surface area contributed by atoms with Gasteiger partial charge in [0, 0.05) is 23.4 Å². The van der Waals surface area contributed by atoms with Gasteiger partial charge in [0.2, 0.25) is 0 Å². The summed E-state index contributed by atoms with van der Waals surface area (Å²) in [6, 6.07) is 10.7. The van der Waals surface area contributed by atoms with Gasteiger partial charge in [-0.1, -0.05) is 6.07 Å². The van der Waals surface area contributed by atoms with E-state index in [1.807, 2.05) is 25.1 Å². The maximum Gasteiger partial charge on any atom is 0.161 e. The van der Waals surface area contributed by atoms with Crippen molar-refractivity contribution >= 4 is 0 Å². The lowest BCUT2D eigenvalue weighted by molar-refractivity contribution is 0.338. The van der Waals surface area contributed by atoms with E-state index in [-0.39, 0.29) is 5.75 Å². The van der Waals surface area contributed by atoms with Gasteiger partial charge in [-0.2, -0.15) is 0 Å². The first-order chi connectivity index (χ1) is 12.7. The van der Waals surface area contributed by atoms with Gasteiger partial charge in [-0.05, 0) is 36.8 Å². The maximum atomic E-state index is 10.4. The van der Waals surface area contributed by atoms with E-state index in [0.29, 0.717) is 35.1 Å². The Hall–Kier alpha value is -3.28. The van der Waals surface area contributed by atoms with E-state index in [1.165, 1.54) is 6.33 Å². The molecule has 0 saturated carbocycles. The number of rotatable bonds is 6. The lowest BCUT2D eigenvalue weighted by atomic mass is 9.99. The molecule has 134 valence electrons. The van der Waals surface area contributed by atoms with Crippen LogP contribution in [0.1, 0.15) is 6.92 Å². The number of nitrogens with zero attached hydrogens (tertiary/aromatic N) is 2. The molecule has 0 radical (unpaired) electrons. The normalized spacial score (nSPS) is 10.4. The van der Waals surface area contributed by atoms with Crippen molar-refractivity contribution in [2.75, 3.05) is 20.8 Å². The molecular weight excluding hydrogens is 332 g/mol. The second kappa shape index (κ2) is 7.74. The topological polar surface area (TPSA) is 73.7 Å². The molecule has 0 spiro atoms. The van der Waals surface area contributed by atoms with Gasteiger partial charge in [-0.25, -0.2) is 9.97 Å². The molecule has 6 heteroatoms. The number of phenolic OH excluding ortho intramolecular Hbond substituents is 1. The van der Waals surface area contributed by atoms with E-state index < -0.39 is 0 Å². The number of hydrogen-bond acceptors (Lipinski definition) is 6. The molecule has 0 aliphatic heterocycles. The highest BCUT2D eigenvalue weighted by atomic mass is 16.5. The van der Waals surface area contributed by atoms with E-state index in [9.17, 15) is 5.11 Å². The number of benzene rings is 2. The van der Waals surface area contributed by atoms with Crippen molar-refractivity contribution in [3.63, 3.8) is 0 Å². The number of methoxy groups -OCH3 is 2. The van der Waals surface area contributed by atoms with Crippen LogP contribution < -0.4 is 14.2 Å². The summed E-state index contributed by atoms with van der Waals surface area (Å²) in [4.78, 5) is 8.51. The molecule has 1 N–H and O–H groups in total. The third-order valence-corrected chi connectivity index (χ3v) is 3.94. The predicted molar refractivity (Wildman–Crippen MR) is 98.8 cm³/mol.